The van der Waals surface area contributed by atoms with Crippen LogP contribution in [-0.4, -0.2) is 51.4 Å². The number of nitrogens with zero attached hydrogens (tertiary/aromatic N) is 5. The molecule has 1 aromatic carbocycles. The van der Waals surface area contributed by atoms with Crippen molar-refractivity contribution in [2.75, 3.05) is 23.3 Å². The van der Waals surface area contributed by atoms with Crippen LogP contribution in [0.1, 0.15) is 39.3 Å². The molecule has 1 saturated heterocycles. The zero-order chi connectivity index (χ0) is 27.3. The van der Waals surface area contributed by atoms with Crippen molar-refractivity contribution in [1.29, 1.82) is 5.26 Å². The number of halogens is 3. The molecule has 2 fully saturated rings. The molecule has 2 amide bonds. The number of ether oxygens (including phenoxy) is 1. The summed E-state index contributed by atoms with van der Waals surface area (Å²) in [4.78, 5) is 39.0. The fraction of sp³-hybridized carbons (Fsp3) is 0.296. The van der Waals surface area contributed by atoms with Gasteiger partial charge in [0, 0.05) is 59.9 Å². The van der Waals surface area contributed by atoms with E-state index in [2.05, 4.69) is 26.1 Å². The number of aromatic nitrogens is 2. The van der Waals surface area contributed by atoms with Crippen molar-refractivity contribution >= 4 is 34.9 Å². The molecule has 0 unspecified atom stereocenters. The molecule has 0 atom stereocenters. The Hall–Kier alpha value is -4.30. The number of hydrogen-bond acceptors (Lipinski definition) is 7. The van der Waals surface area contributed by atoms with Crippen molar-refractivity contribution in [2.45, 2.75) is 31.0 Å². The van der Waals surface area contributed by atoms with Gasteiger partial charge in [-0.25, -0.2) is 4.98 Å². The smallest absolute Gasteiger partial charge is 0.420 e. The van der Waals surface area contributed by atoms with E-state index in [9.17, 15) is 23.6 Å². The lowest BCUT2D eigenvalue weighted by Crippen LogP contribution is -2.46. The number of alkyl halides is 3. The molecule has 0 bridgehead atoms. The van der Waals surface area contributed by atoms with E-state index in [-0.39, 0.29) is 29.2 Å². The Kier molecular flexibility index (Phi) is 6.07. The molecule has 1 N–H and O–H groups in total. The van der Waals surface area contributed by atoms with E-state index in [4.69, 9.17) is 11.6 Å². The minimum Gasteiger partial charge on any atom is -0.420 e. The molecule has 4 heterocycles. The molecule has 6 rings (SSSR count). The number of fused-ring (bicyclic) bond motifs is 1. The van der Waals surface area contributed by atoms with Crippen molar-refractivity contribution in [3.63, 3.8) is 0 Å². The second-order valence-corrected chi connectivity index (χ2v) is 10.2. The monoisotopic (exact) mass is 550 g/mol. The van der Waals surface area contributed by atoms with E-state index < -0.39 is 11.5 Å². The number of nitrogens with one attached hydrogen (secondary N) is 1. The number of nitriles is 1. The number of carbonyl (C=O) groups excluding carboxylic acids is 2. The topological polar surface area (TPSA) is 111 Å². The van der Waals surface area contributed by atoms with Crippen molar-refractivity contribution in [3.8, 4) is 22.9 Å². The number of rotatable bonds is 7. The lowest BCUT2D eigenvalue weighted by molar-refractivity contribution is -0.0964. The number of carbonyl (C=O) groups is 2. The van der Waals surface area contributed by atoms with E-state index in [1.165, 1.54) is 30.5 Å². The lowest BCUT2D eigenvalue weighted by atomic mass is 9.98. The molecular weight excluding hydrogens is 530 g/mol. The summed E-state index contributed by atoms with van der Waals surface area (Å²) in [5, 5.41) is 11.9. The minimum atomic E-state index is -3.84. The van der Waals surface area contributed by atoms with E-state index in [0.29, 0.717) is 47.8 Å². The van der Waals surface area contributed by atoms with Crippen LogP contribution in [0.25, 0.3) is 11.1 Å². The highest BCUT2D eigenvalue weighted by Gasteiger charge is 2.39. The predicted molar refractivity (Wildman–Crippen MR) is 138 cm³/mol. The minimum absolute atomic E-state index is 0.0434. The average Bonchev–Trinajstić information content (AvgIpc) is 3.67. The van der Waals surface area contributed by atoms with Gasteiger partial charge in [-0.05, 0) is 49.2 Å². The third-order valence-electron chi connectivity index (χ3n) is 6.92. The maximum Gasteiger partial charge on any atom is 0.487 e. The summed E-state index contributed by atoms with van der Waals surface area (Å²) >= 11 is 4.79. The molecule has 0 radical (unpaired) electrons. The van der Waals surface area contributed by atoms with Gasteiger partial charge in [0.25, 0.3) is 11.8 Å². The fourth-order valence-electron chi connectivity index (χ4n) is 4.74. The fourth-order valence-corrected chi connectivity index (χ4v) is 4.83. The van der Waals surface area contributed by atoms with Gasteiger partial charge in [-0.15, -0.1) is 8.78 Å². The molecule has 9 nitrogen and oxygen atoms in total. The van der Waals surface area contributed by atoms with Crippen LogP contribution in [0.2, 0.25) is 0 Å². The van der Waals surface area contributed by atoms with Crippen LogP contribution < -0.4 is 15.0 Å². The largest absolute Gasteiger partial charge is 0.487 e. The molecule has 2 aromatic heterocycles. The molecule has 3 aromatic rings. The second kappa shape index (κ2) is 9.47. The molecule has 12 heteroatoms. The van der Waals surface area contributed by atoms with Gasteiger partial charge in [-0.1, -0.05) is 0 Å². The summed E-state index contributed by atoms with van der Waals surface area (Å²) in [6, 6.07) is 11.3. The molecule has 39 heavy (non-hydrogen) atoms. The Morgan fingerprint density at radius 3 is 2.54 bits per heavy atom. The molecular formula is C27H21ClF2N6O3. The van der Waals surface area contributed by atoms with Crippen LogP contribution in [0.3, 0.4) is 0 Å². The third-order valence-corrected chi connectivity index (χ3v) is 7.00. The highest BCUT2D eigenvalue weighted by atomic mass is 35.5. The van der Waals surface area contributed by atoms with Gasteiger partial charge in [-0.2, -0.15) is 5.26 Å². The SMILES string of the molecule is N#CC1CN(c2ncc(C(=O)Nc3ccc(OC(F)(F)Cl)cc3)cc2-c2cnc3c(c2)C(=O)N(C2CC2)C3)C1. The quantitative estimate of drug-likeness (QED) is 0.426. The van der Waals surface area contributed by atoms with Gasteiger partial charge in [0.2, 0.25) is 0 Å². The lowest BCUT2D eigenvalue weighted by Gasteiger charge is -2.37. The van der Waals surface area contributed by atoms with Crippen LogP contribution in [0.15, 0.2) is 48.8 Å². The van der Waals surface area contributed by atoms with E-state index in [0.717, 1.165) is 18.5 Å². The standard InChI is InChI=1S/C27H21ClF2N6O3/c28-27(29,30)39-20-5-1-18(2-6-20)34-25(37)17-8-21(24(33-11-17)35-12-15(9-31)13-35)16-7-22-23(32-10-16)14-36(26(22)38)19-3-4-19/h1-2,5-8,10-11,15,19H,3-4,12-14H2,(H,34,37). The van der Waals surface area contributed by atoms with Crippen molar-refractivity contribution in [1.82, 2.24) is 14.9 Å². The number of benzene rings is 1. The summed E-state index contributed by atoms with van der Waals surface area (Å²) in [5.74, 6) is -0.202. The van der Waals surface area contributed by atoms with Crippen molar-refractivity contribution in [3.05, 3.63) is 65.6 Å². The molecule has 1 aliphatic carbocycles. The first kappa shape index (κ1) is 25.0. The number of amides is 2. The highest BCUT2D eigenvalue weighted by molar-refractivity contribution is 6.20. The van der Waals surface area contributed by atoms with Crippen LogP contribution in [0, 0.1) is 17.2 Å². The van der Waals surface area contributed by atoms with Gasteiger partial charge in [0.15, 0.2) is 0 Å². The summed E-state index contributed by atoms with van der Waals surface area (Å²) in [7, 11) is 0. The Morgan fingerprint density at radius 1 is 1.13 bits per heavy atom. The highest BCUT2D eigenvalue weighted by Crippen LogP contribution is 2.38. The van der Waals surface area contributed by atoms with Gasteiger partial charge in [-0.3, -0.25) is 14.6 Å². The zero-order valence-electron chi connectivity index (χ0n) is 20.4. The summed E-state index contributed by atoms with van der Waals surface area (Å²) in [6.45, 7) is 1.50. The zero-order valence-corrected chi connectivity index (χ0v) is 21.2. The normalized spacial score (nSPS) is 16.9. The first-order valence-electron chi connectivity index (χ1n) is 12.3. The van der Waals surface area contributed by atoms with Crippen LogP contribution in [0.5, 0.6) is 5.75 Å². The molecule has 0 spiro atoms. The number of anilines is 2. The molecule has 3 aliphatic rings. The van der Waals surface area contributed by atoms with Crippen LogP contribution in [0.4, 0.5) is 20.3 Å². The van der Waals surface area contributed by atoms with Crippen molar-refractivity contribution < 1.29 is 23.1 Å². The Bertz CT molecular complexity index is 1510. The van der Waals surface area contributed by atoms with E-state index >= 15 is 0 Å². The van der Waals surface area contributed by atoms with Gasteiger partial charge in [0.05, 0.1) is 35.4 Å². The van der Waals surface area contributed by atoms with Crippen molar-refractivity contribution in [2.24, 2.45) is 5.92 Å². The summed E-state index contributed by atoms with van der Waals surface area (Å²) < 4.78 is 30.0. The maximum atomic E-state index is 13.1. The Morgan fingerprint density at radius 2 is 1.87 bits per heavy atom. The summed E-state index contributed by atoms with van der Waals surface area (Å²) in [6.07, 6.45) is 5.11. The number of hydrogen-bond donors (Lipinski definition) is 1. The van der Waals surface area contributed by atoms with E-state index in [1.807, 2.05) is 9.80 Å². The maximum absolute atomic E-state index is 13.1. The predicted octanol–water partition coefficient (Wildman–Crippen LogP) is 4.64. The first-order chi connectivity index (χ1) is 18.7. The third kappa shape index (κ3) is 5.07. The molecule has 2 aliphatic heterocycles. The Balaban J connectivity index is 1.28. The van der Waals surface area contributed by atoms with Gasteiger partial charge in [0.1, 0.15) is 11.6 Å². The summed E-state index contributed by atoms with van der Waals surface area (Å²) in [5.41, 5.74) is -0.729. The first-order valence-corrected chi connectivity index (χ1v) is 12.7. The molecule has 198 valence electrons. The van der Waals surface area contributed by atoms with E-state index in [1.54, 1.807) is 18.3 Å². The average molecular weight is 551 g/mol. The van der Waals surface area contributed by atoms with Gasteiger partial charge >= 0.3 is 5.57 Å². The molecule has 1 saturated carbocycles. The van der Waals surface area contributed by atoms with Crippen LogP contribution >= 0.6 is 11.6 Å². The number of pyridine rings is 2. The van der Waals surface area contributed by atoms with Crippen LogP contribution in [-0.2, 0) is 6.54 Å². The second-order valence-electron chi connectivity index (χ2n) is 9.73. The van der Waals surface area contributed by atoms with Gasteiger partial charge < -0.3 is 19.9 Å². The Labute approximate surface area is 227 Å².